The molecular formula is C29H28FNO3. The van der Waals surface area contributed by atoms with E-state index in [1.807, 2.05) is 54.6 Å². The Morgan fingerprint density at radius 1 is 0.912 bits per heavy atom. The lowest BCUT2D eigenvalue weighted by Gasteiger charge is -2.09. The van der Waals surface area contributed by atoms with Gasteiger partial charge in [0, 0.05) is 5.56 Å². The maximum absolute atomic E-state index is 14.9. The van der Waals surface area contributed by atoms with E-state index in [-0.39, 0.29) is 24.5 Å². The van der Waals surface area contributed by atoms with Gasteiger partial charge in [-0.1, -0.05) is 78.5 Å². The minimum Gasteiger partial charge on any atom is -0.462 e. The number of allylic oxidation sites excluding steroid dienone is 1. The van der Waals surface area contributed by atoms with Crippen molar-refractivity contribution in [3.8, 4) is 22.3 Å². The van der Waals surface area contributed by atoms with Crippen molar-refractivity contribution in [1.82, 2.24) is 0 Å². The number of benzene rings is 3. The van der Waals surface area contributed by atoms with Gasteiger partial charge in [0.05, 0.1) is 12.2 Å². The van der Waals surface area contributed by atoms with E-state index in [1.165, 1.54) is 5.56 Å². The van der Waals surface area contributed by atoms with Gasteiger partial charge in [-0.05, 0) is 59.6 Å². The highest BCUT2D eigenvalue weighted by atomic mass is 19.1. The molecule has 0 aliphatic heterocycles. The fraction of sp³-hybridized carbons (Fsp3) is 0.207. The molecule has 174 valence electrons. The topological polar surface area (TPSA) is 55.7 Å². The molecule has 0 saturated heterocycles. The zero-order valence-electron chi connectivity index (χ0n) is 19.1. The van der Waals surface area contributed by atoms with E-state index < -0.39 is 5.97 Å². The number of ether oxygens (including phenoxy) is 1. The molecular weight excluding hydrogens is 429 g/mol. The summed E-state index contributed by atoms with van der Waals surface area (Å²) in [7, 11) is 0. The van der Waals surface area contributed by atoms with Crippen LogP contribution in [0.25, 0.3) is 22.3 Å². The monoisotopic (exact) mass is 457 g/mol. The molecule has 0 aliphatic carbocycles. The average Bonchev–Trinajstić information content (AvgIpc) is 2.86. The highest BCUT2D eigenvalue weighted by Gasteiger charge is 2.10. The van der Waals surface area contributed by atoms with Gasteiger partial charge in [-0.25, -0.2) is 9.18 Å². The molecule has 0 spiro atoms. The molecule has 0 unspecified atom stereocenters. The molecule has 0 bridgehead atoms. The number of halogens is 1. The predicted octanol–water partition coefficient (Wildman–Crippen LogP) is 7.08. The Kier molecular flexibility index (Phi) is 9.04. The van der Waals surface area contributed by atoms with Crippen molar-refractivity contribution in [2.75, 3.05) is 13.2 Å². The second-order valence-corrected chi connectivity index (χ2v) is 8.05. The van der Waals surface area contributed by atoms with Gasteiger partial charge in [0.1, 0.15) is 12.4 Å². The lowest BCUT2D eigenvalue weighted by molar-refractivity contribution is -0.139. The molecule has 0 amide bonds. The molecule has 3 aromatic rings. The lowest BCUT2D eigenvalue weighted by atomic mass is 9.97. The van der Waals surface area contributed by atoms with Gasteiger partial charge < -0.3 is 4.74 Å². The van der Waals surface area contributed by atoms with E-state index in [4.69, 9.17) is 4.74 Å². The highest BCUT2D eigenvalue weighted by molar-refractivity contribution is 5.88. The minimum absolute atomic E-state index is 0.0490. The number of nitroso groups, excluding NO2 is 1. The van der Waals surface area contributed by atoms with Crippen molar-refractivity contribution >= 4 is 5.97 Å². The van der Waals surface area contributed by atoms with Crippen LogP contribution in [0.1, 0.15) is 24.0 Å². The van der Waals surface area contributed by atoms with Crippen LogP contribution in [0, 0.1) is 10.7 Å². The van der Waals surface area contributed by atoms with Crippen LogP contribution >= 0.6 is 0 Å². The SMILES string of the molecule is C=CCCc1ccc(-c2ccc(-c3ccc(CCCOC(=O)C(=C)CN=O)cc3)c(F)c2)cc1. The number of rotatable bonds is 12. The van der Waals surface area contributed by atoms with Gasteiger partial charge in [0.2, 0.25) is 0 Å². The average molecular weight is 458 g/mol. The van der Waals surface area contributed by atoms with Crippen LogP contribution in [0.15, 0.2) is 96.7 Å². The van der Waals surface area contributed by atoms with E-state index in [2.05, 4.69) is 30.5 Å². The van der Waals surface area contributed by atoms with Crippen LogP contribution in [0.3, 0.4) is 0 Å². The molecule has 0 aromatic heterocycles. The summed E-state index contributed by atoms with van der Waals surface area (Å²) in [6.07, 6.45) is 5.12. The summed E-state index contributed by atoms with van der Waals surface area (Å²) in [5.74, 6) is -0.865. The first-order chi connectivity index (χ1) is 16.5. The minimum atomic E-state index is -0.600. The Balaban J connectivity index is 1.58. The van der Waals surface area contributed by atoms with E-state index in [1.54, 1.807) is 6.07 Å². The van der Waals surface area contributed by atoms with Gasteiger partial charge in [0.15, 0.2) is 0 Å². The van der Waals surface area contributed by atoms with Crippen molar-refractivity contribution in [2.24, 2.45) is 5.18 Å². The second kappa shape index (κ2) is 12.4. The number of nitrogens with zero attached hydrogens (tertiary/aromatic N) is 1. The third-order valence-corrected chi connectivity index (χ3v) is 5.55. The Labute approximate surface area is 199 Å². The van der Waals surface area contributed by atoms with Gasteiger partial charge >= 0.3 is 5.97 Å². The summed E-state index contributed by atoms with van der Waals surface area (Å²) in [6, 6.07) is 21.2. The largest absolute Gasteiger partial charge is 0.462 e. The third kappa shape index (κ3) is 6.82. The number of aryl methyl sites for hydroxylation is 2. The molecule has 0 fully saturated rings. The van der Waals surface area contributed by atoms with E-state index >= 15 is 0 Å². The number of carbonyl (C=O) groups is 1. The lowest BCUT2D eigenvalue weighted by Crippen LogP contribution is -2.10. The fourth-order valence-corrected chi connectivity index (χ4v) is 3.60. The maximum atomic E-state index is 14.9. The fourth-order valence-electron chi connectivity index (χ4n) is 3.60. The molecule has 0 heterocycles. The van der Waals surface area contributed by atoms with E-state index in [0.29, 0.717) is 18.4 Å². The standard InChI is InChI=1S/C29H28FNO3/c1-3-4-6-22-8-12-24(13-9-22)26-16-17-27(28(30)19-26)25-14-10-23(11-15-25)7-5-18-34-29(32)21(2)20-31-33/h3,8-17,19H,1-2,4-7,18,20H2. The zero-order chi connectivity index (χ0) is 24.3. The van der Waals surface area contributed by atoms with Crippen molar-refractivity contribution in [3.63, 3.8) is 0 Å². The van der Waals surface area contributed by atoms with Crippen LogP contribution in [-0.2, 0) is 22.4 Å². The van der Waals surface area contributed by atoms with E-state index in [0.717, 1.165) is 35.1 Å². The quantitative estimate of drug-likeness (QED) is 0.0960. The first kappa shape index (κ1) is 24.8. The summed E-state index contributed by atoms with van der Waals surface area (Å²) < 4.78 is 20.0. The molecule has 3 aromatic carbocycles. The third-order valence-electron chi connectivity index (χ3n) is 5.55. The van der Waals surface area contributed by atoms with Gasteiger partial charge in [-0.15, -0.1) is 6.58 Å². The Morgan fingerprint density at radius 2 is 1.53 bits per heavy atom. The van der Waals surface area contributed by atoms with Gasteiger partial charge in [0.25, 0.3) is 0 Å². The number of hydrogen-bond donors (Lipinski definition) is 0. The zero-order valence-corrected chi connectivity index (χ0v) is 19.1. The first-order valence-electron chi connectivity index (χ1n) is 11.2. The predicted molar refractivity (Wildman–Crippen MR) is 135 cm³/mol. The van der Waals surface area contributed by atoms with Gasteiger partial charge in [-0.2, -0.15) is 4.91 Å². The molecule has 4 nitrogen and oxygen atoms in total. The van der Waals surface area contributed by atoms with Crippen molar-refractivity contribution in [2.45, 2.75) is 25.7 Å². The maximum Gasteiger partial charge on any atom is 0.335 e. The molecule has 3 rings (SSSR count). The molecule has 0 radical (unpaired) electrons. The second-order valence-electron chi connectivity index (χ2n) is 8.05. The van der Waals surface area contributed by atoms with Gasteiger partial charge in [-0.3, -0.25) is 0 Å². The van der Waals surface area contributed by atoms with Crippen molar-refractivity contribution < 1.29 is 13.9 Å². The smallest absolute Gasteiger partial charge is 0.335 e. The normalized spacial score (nSPS) is 10.5. The van der Waals surface area contributed by atoms with E-state index in [9.17, 15) is 14.1 Å². The van der Waals surface area contributed by atoms with Crippen molar-refractivity contribution in [3.05, 3.63) is 113 Å². The number of carbonyl (C=O) groups excluding carboxylic acids is 1. The van der Waals surface area contributed by atoms with Crippen LogP contribution in [0.2, 0.25) is 0 Å². The summed E-state index contributed by atoms with van der Waals surface area (Å²) in [6.45, 7) is 7.17. The summed E-state index contributed by atoms with van der Waals surface area (Å²) in [4.78, 5) is 21.7. The summed E-state index contributed by atoms with van der Waals surface area (Å²) >= 11 is 0. The molecule has 0 saturated carbocycles. The summed E-state index contributed by atoms with van der Waals surface area (Å²) in [5.41, 5.74) is 5.52. The molecule has 0 N–H and O–H groups in total. The number of esters is 1. The molecule has 0 aliphatic rings. The Morgan fingerprint density at radius 3 is 2.15 bits per heavy atom. The van der Waals surface area contributed by atoms with Crippen molar-refractivity contribution in [1.29, 1.82) is 0 Å². The van der Waals surface area contributed by atoms with Crippen LogP contribution < -0.4 is 0 Å². The highest BCUT2D eigenvalue weighted by Crippen LogP contribution is 2.28. The molecule has 0 atom stereocenters. The molecule has 34 heavy (non-hydrogen) atoms. The van der Waals surface area contributed by atoms with Crippen LogP contribution in [0.5, 0.6) is 0 Å². The number of hydrogen-bond acceptors (Lipinski definition) is 4. The van der Waals surface area contributed by atoms with Crippen LogP contribution in [-0.4, -0.2) is 19.1 Å². The summed E-state index contributed by atoms with van der Waals surface area (Å²) in [5, 5.41) is 2.62. The Bertz CT molecular complexity index is 1150. The Hall–Kier alpha value is -3.86. The van der Waals surface area contributed by atoms with Crippen LogP contribution in [0.4, 0.5) is 4.39 Å². The molecule has 5 heteroatoms. The first-order valence-corrected chi connectivity index (χ1v) is 11.2.